The van der Waals surface area contributed by atoms with Crippen molar-refractivity contribution in [2.75, 3.05) is 17.1 Å². The van der Waals surface area contributed by atoms with Crippen molar-refractivity contribution in [1.29, 1.82) is 0 Å². The van der Waals surface area contributed by atoms with Crippen molar-refractivity contribution < 1.29 is 12.8 Å². The molecule has 2 aromatic rings. The van der Waals surface area contributed by atoms with Gasteiger partial charge in [-0.25, -0.2) is 12.8 Å². The summed E-state index contributed by atoms with van der Waals surface area (Å²) in [5.74, 6) is -0.563. The van der Waals surface area contributed by atoms with Crippen molar-refractivity contribution in [3.8, 4) is 0 Å². The zero-order valence-electron chi connectivity index (χ0n) is 12.6. The molecular weight excluding hydrogens is 397 g/mol. The third kappa shape index (κ3) is 3.39. The predicted octanol–water partition coefficient (Wildman–Crippen LogP) is 3.19. The van der Waals surface area contributed by atoms with Crippen LogP contribution < -0.4 is 4.31 Å². The van der Waals surface area contributed by atoms with Gasteiger partial charge in [-0.05, 0) is 35.9 Å². The Hall–Kier alpha value is -2.06. The minimum atomic E-state index is -3.47. The van der Waals surface area contributed by atoms with Gasteiger partial charge in [-0.3, -0.25) is 4.31 Å². The molecule has 0 fully saturated rings. The minimum Gasteiger partial charge on any atom is -0.272 e. The number of anilines is 1. The van der Waals surface area contributed by atoms with Crippen molar-refractivity contribution in [3.05, 3.63) is 63.9 Å². The second-order valence-corrected chi connectivity index (χ2v) is 8.14. The standard InChI is InChI=1S/C16H13BrFN3O2S/c1-21-16-7-4-12(17)8-14(16)15(10-24(21,22)23)20-19-9-11-2-5-13(18)6-3-11/h2-9H,10H2,1H3/b19-9+,20-15+. The first-order chi connectivity index (χ1) is 11.4. The van der Waals surface area contributed by atoms with Gasteiger partial charge in [0.1, 0.15) is 11.6 Å². The fraction of sp³-hybridized carbons (Fsp3) is 0.125. The van der Waals surface area contributed by atoms with Crippen LogP contribution in [0, 0.1) is 5.82 Å². The highest BCUT2D eigenvalue weighted by Gasteiger charge is 2.31. The Bertz CT molecular complexity index is 940. The highest BCUT2D eigenvalue weighted by molar-refractivity contribution is 9.10. The quantitative estimate of drug-likeness (QED) is 0.564. The largest absolute Gasteiger partial charge is 0.272 e. The topological polar surface area (TPSA) is 62.1 Å². The molecule has 3 rings (SSSR count). The van der Waals surface area contributed by atoms with E-state index in [1.165, 1.54) is 29.7 Å². The average molecular weight is 410 g/mol. The number of hydrogen-bond acceptors (Lipinski definition) is 4. The summed E-state index contributed by atoms with van der Waals surface area (Å²) in [6.45, 7) is 0. The fourth-order valence-electron chi connectivity index (χ4n) is 2.31. The number of halogens is 2. The van der Waals surface area contributed by atoms with Crippen LogP contribution in [0.3, 0.4) is 0 Å². The van der Waals surface area contributed by atoms with Crippen LogP contribution in [0.5, 0.6) is 0 Å². The first kappa shape index (κ1) is 16.8. The van der Waals surface area contributed by atoms with E-state index in [1.54, 1.807) is 24.3 Å². The number of benzene rings is 2. The fourth-order valence-corrected chi connectivity index (χ4v) is 3.88. The Morgan fingerprint density at radius 1 is 1.21 bits per heavy atom. The van der Waals surface area contributed by atoms with E-state index in [0.717, 1.165) is 4.47 Å². The van der Waals surface area contributed by atoms with Crippen LogP contribution in [0.1, 0.15) is 11.1 Å². The summed E-state index contributed by atoms with van der Waals surface area (Å²) >= 11 is 3.38. The highest BCUT2D eigenvalue weighted by atomic mass is 79.9. The molecule has 1 heterocycles. The zero-order chi connectivity index (χ0) is 17.3. The van der Waals surface area contributed by atoms with E-state index in [9.17, 15) is 12.8 Å². The number of hydrogen-bond donors (Lipinski definition) is 0. The van der Waals surface area contributed by atoms with E-state index in [1.807, 2.05) is 6.07 Å². The van der Waals surface area contributed by atoms with E-state index < -0.39 is 10.0 Å². The normalized spacial score (nSPS) is 18.1. The van der Waals surface area contributed by atoms with Crippen LogP contribution in [0.25, 0.3) is 0 Å². The summed E-state index contributed by atoms with van der Waals surface area (Å²) in [5, 5.41) is 8.04. The Balaban J connectivity index is 1.99. The van der Waals surface area contributed by atoms with Crippen LogP contribution in [-0.4, -0.2) is 33.1 Å². The lowest BCUT2D eigenvalue weighted by molar-refractivity contribution is 0.597. The lowest BCUT2D eigenvalue weighted by Crippen LogP contribution is -2.38. The molecule has 124 valence electrons. The maximum atomic E-state index is 12.9. The van der Waals surface area contributed by atoms with Gasteiger partial charge in [0, 0.05) is 17.1 Å². The van der Waals surface area contributed by atoms with E-state index in [0.29, 0.717) is 22.5 Å². The lowest BCUT2D eigenvalue weighted by Gasteiger charge is -2.27. The molecule has 0 saturated carbocycles. The molecule has 0 radical (unpaired) electrons. The van der Waals surface area contributed by atoms with Crippen LogP contribution in [0.4, 0.5) is 10.1 Å². The molecule has 0 aromatic heterocycles. The van der Waals surface area contributed by atoms with Crippen molar-refractivity contribution in [1.82, 2.24) is 0 Å². The zero-order valence-corrected chi connectivity index (χ0v) is 15.1. The second-order valence-electron chi connectivity index (χ2n) is 5.23. The molecule has 1 aliphatic heterocycles. The maximum absolute atomic E-state index is 12.9. The third-order valence-corrected chi connectivity index (χ3v) is 5.76. The molecule has 1 aliphatic rings. The Morgan fingerprint density at radius 3 is 2.62 bits per heavy atom. The molecule has 5 nitrogen and oxygen atoms in total. The molecule has 0 N–H and O–H groups in total. The van der Waals surface area contributed by atoms with Crippen LogP contribution in [0.2, 0.25) is 0 Å². The first-order valence-electron chi connectivity index (χ1n) is 6.99. The Morgan fingerprint density at radius 2 is 1.92 bits per heavy atom. The van der Waals surface area contributed by atoms with Crippen LogP contribution in [-0.2, 0) is 10.0 Å². The molecule has 0 saturated heterocycles. The summed E-state index contributed by atoms with van der Waals surface area (Å²) in [6.07, 6.45) is 1.45. The van der Waals surface area contributed by atoms with Gasteiger partial charge < -0.3 is 0 Å². The Labute approximate surface area is 147 Å². The van der Waals surface area contributed by atoms with Crippen molar-refractivity contribution >= 4 is 43.6 Å². The predicted molar refractivity (Wildman–Crippen MR) is 96.9 cm³/mol. The summed E-state index contributed by atoms with van der Waals surface area (Å²) in [4.78, 5) is 0. The smallest absolute Gasteiger partial charge is 0.240 e. The van der Waals surface area contributed by atoms with E-state index in [2.05, 4.69) is 26.1 Å². The van der Waals surface area contributed by atoms with Gasteiger partial charge in [-0.15, -0.1) is 0 Å². The van der Waals surface area contributed by atoms with Gasteiger partial charge in [0.15, 0.2) is 0 Å². The summed E-state index contributed by atoms with van der Waals surface area (Å²) < 4.78 is 39.4. The maximum Gasteiger partial charge on any atom is 0.240 e. The van der Waals surface area contributed by atoms with Crippen molar-refractivity contribution in [2.24, 2.45) is 10.2 Å². The molecule has 0 amide bonds. The number of sulfonamides is 1. The van der Waals surface area contributed by atoms with Gasteiger partial charge in [0.2, 0.25) is 10.0 Å². The van der Waals surface area contributed by atoms with E-state index in [-0.39, 0.29) is 11.6 Å². The number of nitrogens with zero attached hydrogens (tertiary/aromatic N) is 3. The van der Waals surface area contributed by atoms with Crippen molar-refractivity contribution in [2.45, 2.75) is 0 Å². The van der Waals surface area contributed by atoms with E-state index in [4.69, 9.17) is 0 Å². The molecule has 0 unspecified atom stereocenters. The molecular formula is C16H13BrFN3O2S. The van der Waals surface area contributed by atoms with Crippen LogP contribution in [0.15, 0.2) is 57.1 Å². The molecule has 0 aliphatic carbocycles. The van der Waals surface area contributed by atoms with Gasteiger partial charge >= 0.3 is 0 Å². The number of fused-ring (bicyclic) bond motifs is 1. The minimum absolute atomic E-state index is 0.228. The lowest BCUT2D eigenvalue weighted by atomic mass is 10.1. The average Bonchev–Trinajstić information content (AvgIpc) is 2.54. The second kappa shape index (κ2) is 6.45. The molecule has 0 spiro atoms. The molecule has 8 heteroatoms. The van der Waals surface area contributed by atoms with Gasteiger partial charge in [-0.2, -0.15) is 10.2 Å². The summed E-state index contributed by atoms with van der Waals surface area (Å²) in [7, 11) is -1.96. The van der Waals surface area contributed by atoms with Crippen molar-refractivity contribution in [3.63, 3.8) is 0 Å². The first-order valence-corrected chi connectivity index (χ1v) is 9.39. The number of rotatable bonds is 2. The van der Waals surface area contributed by atoms with Gasteiger partial charge in [0.05, 0.1) is 17.6 Å². The molecule has 2 aromatic carbocycles. The Kier molecular flexibility index (Phi) is 4.51. The molecule has 0 bridgehead atoms. The molecule has 0 atom stereocenters. The monoisotopic (exact) mass is 409 g/mol. The molecule has 24 heavy (non-hydrogen) atoms. The van der Waals surface area contributed by atoms with Gasteiger partial charge in [-0.1, -0.05) is 28.1 Å². The van der Waals surface area contributed by atoms with Gasteiger partial charge in [0.25, 0.3) is 0 Å². The highest BCUT2D eigenvalue weighted by Crippen LogP contribution is 2.31. The SMILES string of the molecule is CN1c2ccc(Br)cc2/C(=N/N=C/c2ccc(F)cc2)CS1(=O)=O. The van der Waals surface area contributed by atoms with E-state index >= 15 is 0 Å². The third-order valence-electron chi connectivity index (χ3n) is 3.60. The van der Waals surface area contributed by atoms with Crippen LogP contribution >= 0.6 is 15.9 Å². The summed E-state index contributed by atoms with van der Waals surface area (Å²) in [5.41, 5.74) is 2.30. The summed E-state index contributed by atoms with van der Waals surface area (Å²) in [6, 6.07) is 11.1.